The van der Waals surface area contributed by atoms with Crippen LogP contribution in [0.4, 0.5) is 4.79 Å². The Morgan fingerprint density at radius 2 is 1.36 bits per heavy atom. The second-order valence-electron chi connectivity index (χ2n) is 16.2. The minimum atomic E-state index is -1.27. The molecule has 1 aromatic heterocycles. The highest BCUT2D eigenvalue weighted by molar-refractivity contribution is 5.88. The standard InChI is InChI=1S/C42H62N6O7/c1-27(2)18-33(37(50)23-38(51)46-35(19-28(3)4)40(53)44-24-30-16-12-9-13-17-30)47-39(52)31(21-32-25-43-26-45-32)22-36(49)34(20-29-14-10-8-11-15-29)48-41(54)55-42(5,6)7/h8-17,25-28,31,33-37,49-50H,18-24H2,1-7H3,(H,43,45)(H,44,53)(H,46,51)(H,47,52)(H,48,54)/t31-,33+,34+,35+,36?,37?/m1/s1. The molecule has 6 atom stereocenters. The van der Waals surface area contributed by atoms with Gasteiger partial charge in [0.15, 0.2) is 0 Å². The third-order valence-corrected chi connectivity index (χ3v) is 8.96. The topological polar surface area (TPSA) is 195 Å². The first-order chi connectivity index (χ1) is 26.0. The van der Waals surface area contributed by atoms with E-state index in [1.165, 1.54) is 6.33 Å². The number of aliphatic hydroxyl groups is 2. The Labute approximate surface area is 325 Å². The van der Waals surface area contributed by atoms with E-state index in [0.717, 1.165) is 11.1 Å². The number of rotatable bonds is 21. The molecule has 0 aliphatic rings. The summed E-state index contributed by atoms with van der Waals surface area (Å²) in [5.41, 5.74) is 1.70. The number of carbonyl (C=O) groups is 4. The van der Waals surface area contributed by atoms with Crippen molar-refractivity contribution in [2.75, 3.05) is 0 Å². The molecule has 0 radical (unpaired) electrons. The summed E-state index contributed by atoms with van der Waals surface area (Å²) in [6.07, 6.45) is 0.825. The van der Waals surface area contributed by atoms with Crippen molar-refractivity contribution in [1.29, 1.82) is 0 Å². The van der Waals surface area contributed by atoms with Gasteiger partial charge in [-0.2, -0.15) is 0 Å². The largest absolute Gasteiger partial charge is 0.444 e. The fraction of sp³-hybridized carbons (Fsp3) is 0.548. The Morgan fingerprint density at radius 1 is 0.745 bits per heavy atom. The zero-order valence-corrected chi connectivity index (χ0v) is 33.4. The molecule has 13 nitrogen and oxygen atoms in total. The number of aromatic amines is 1. The predicted octanol–water partition coefficient (Wildman–Crippen LogP) is 4.58. The van der Waals surface area contributed by atoms with Crippen molar-refractivity contribution >= 4 is 23.8 Å². The van der Waals surface area contributed by atoms with Crippen molar-refractivity contribution in [2.24, 2.45) is 17.8 Å². The zero-order valence-electron chi connectivity index (χ0n) is 33.4. The summed E-state index contributed by atoms with van der Waals surface area (Å²) in [4.78, 5) is 60.6. The van der Waals surface area contributed by atoms with E-state index in [1.54, 1.807) is 27.0 Å². The maximum absolute atomic E-state index is 14.1. The van der Waals surface area contributed by atoms with E-state index < -0.39 is 59.8 Å². The van der Waals surface area contributed by atoms with E-state index >= 15 is 0 Å². The van der Waals surface area contributed by atoms with Crippen molar-refractivity contribution in [2.45, 2.75) is 129 Å². The molecule has 7 N–H and O–H groups in total. The number of benzene rings is 2. The smallest absolute Gasteiger partial charge is 0.407 e. The first kappa shape index (κ1) is 44.6. The van der Waals surface area contributed by atoms with Gasteiger partial charge in [-0.05, 0) is 69.4 Å². The average molecular weight is 763 g/mol. The number of alkyl carbamates (subject to hydrolysis) is 1. The van der Waals surface area contributed by atoms with Crippen LogP contribution in [0, 0.1) is 17.8 Å². The molecule has 0 aliphatic carbocycles. The van der Waals surface area contributed by atoms with Gasteiger partial charge in [0.1, 0.15) is 11.6 Å². The molecular weight excluding hydrogens is 700 g/mol. The molecule has 0 saturated heterocycles. The summed E-state index contributed by atoms with van der Waals surface area (Å²) in [6, 6.07) is 16.5. The van der Waals surface area contributed by atoms with Gasteiger partial charge in [-0.1, -0.05) is 88.4 Å². The van der Waals surface area contributed by atoms with Crippen LogP contribution >= 0.6 is 0 Å². The van der Waals surface area contributed by atoms with E-state index in [9.17, 15) is 29.4 Å². The average Bonchev–Trinajstić information content (AvgIpc) is 3.62. The van der Waals surface area contributed by atoms with Gasteiger partial charge in [0, 0.05) is 30.8 Å². The SMILES string of the molecule is CC(C)C[C@H](NC(=O)CC(O)[C@H](CC(C)C)NC(=O)[C@H](Cc1cnc[nH]1)CC(O)[C@H](Cc1ccccc1)NC(=O)OC(C)(C)C)C(=O)NCc1ccccc1. The van der Waals surface area contributed by atoms with Gasteiger partial charge in [0.05, 0.1) is 37.0 Å². The number of aliphatic hydroxyl groups excluding tert-OH is 2. The predicted molar refractivity (Wildman–Crippen MR) is 211 cm³/mol. The molecule has 0 fully saturated rings. The van der Waals surface area contributed by atoms with Crippen molar-refractivity contribution in [3.63, 3.8) is 0 Å². The van der Waals surface area contributed by atoms with E-state index in [-0.39, 0.29) is 43.4 Å². The van der Waals surface area contributed by atoms with Crippen LogP contribution in [0.1, 0.15) is 91.0 Å². The maximum Gasteiger partial charge on any atom is 0.407 e. The van der Waals surface area contributed by atoms with Gasteiger partial charge >= 0.3 is 6.09 Å². The van der Waals surface area contributed by atoms with E-state index in [2.05, 4.69) is 31.2 Å². The van der Waals surface area contributed by atoms with Crippen LogP contribution in [0.15, 0.2) is 73.2 Å². The Balaban J connectivity index is 1.76. The van der Waals surface area contributed by atoms with Crippen LogP contribution in [-0.4, -0.2) is 79.9 Å². The minimum Gasteiger partial charge on any atom is -0.444 e. The van der Waals surface area contributed by atoms with Crippen LogP contribution in [0.5, 0.6) is 0 Å². The van der Waals surface area contributed by atoms with E-state index in [4.69, 9.17) is 4.74 Å². The number of nitrogens with zero attached hydrogens (tertiary/aromatic N) is 1. The van der Waals surface area contributed by atoms with Crippen LogP contribution in [-0.2, 0) is 38.5 Å². The number of amides is 4. The molecule has 55 heavy (non-hydrogen) atoms. The van der Waals surface area contributed by atoms with Gasteiger partial charge < -0.3 is 41.2 Å². The van der Waals surface area contributed by atoms with Crippen molar-refractivity contribution in [3.8, 4) is 0 Å². The van der Waals surface area contributed by atoms with Gasteiger partial charge in [0.2, 0.25) is 17.7 Å². The molecule has 0 spiro atoms. The van der Waals surface area contributed by atoms with Gasteiger partial charge in [-0.25, -0.2) is 9.78 Å². The summed E-state index contributed by atoms with van der Waals surface area (Å²) >= 11 is 0. The lowest BCUT2D eigenvalue weighted by Crippen LogP contribution is -2.52. The molecule has 4 amide bonds. The van der Waals surface area contributed by atoms with Crippen molar-refractivity contribution < 1.29 is 34.1 Å². The molecule has 0 aliphatic heterocycles. The number of aromatic nitrogens is 2. The van der Waals surface area contributed by atoms with Crippen molar-refractivity contribution in [1.82, 2.24) is 31.2 Å². The highest BCUT2D eigenvalue weighted by atomic mass is 16.6. The molecule has 1 heterocycles. The maximum atomic E-state index is 14.1. The molecule has 2 unspecified atom stereocenters. The lowest BCUT2D eigenvalue weighted by molar-refractivity contribution is -0.132. The lowest BCUT2D eigenvalue weighted by Gasteiger charge is -2.31. The van der Waals surface area contributed by atoms with Gasteiger partial charge in [0.25, 0.3) is 0 Å². The molecule has 2 aromatic carbocycles. The van der Waals surface area contributed by atoms with Crippen LogP contribution in [0.2, 0.25) is 0 Å². The first-order valence-electron chi connectivity index (χ1n) is 19.3. The second kappa shape index (κ2) is 22.0. The second-order valence-corrected chi connectivity index (χ2v) is 16.2. The number of hydrogen-bond acceptors (Lipinski definition) is 8. The number of nitrogens with one attached hydrogen (secondary N) is 5. The summed E-state index contributed by atoms with van der Waals surface area (Å²) in [6.45, 7) is 13.4. The molecule has 302 valence electrons. The molecule has 0 saturated carbocycles. The highest BCUT2D eigenvalue weighted by Crippen LogP contribution is 2.21. The molecule has 0 bridgehead atoms. The number of hydrogen-bond donors (Lipinski definition) is 7. The van der Waals surface area contributed by atoms with Crippen LogP contribution in [0.3, 0.4) is 0 Å². The number of imidazole rings is 1. The summed E-state index contributed by atoms with van der Waals surface area (Å²) in [7, 11) is 0. The first-order valence-corrected chi connectivity index (χ1v) is 19.3. The fourth-order valence-electron chi connectivity index (χ4n) is 6.33. The summed E-state index contributed by atoms with van der Waals surface area (Å²) < 4.78 is 5.49. The van der Waals surface area contributed by atoms with Crippen LogP contribution < -0.4 is 21.3 Å². The zero-order chi connectivity index (χ0) is 40.5. The fourth-order valence-corrected chi connectivity index (χ4v) is 6.33. The molecular formula is C42H62N6O7. The van der Waals surface area contributed by atoms with E-state index in [0.29, 0.717) is 25.1 Å². The molecule has 13 heteroatoms. The van der Waals surface area contributed by atoms with Crippen molar-refractivity contribution in [3.05, 3.63) is 90.0 Å². The molecule has 3 aromatic rings. The lowest BCUT2D eigenvalue weighted by atomic mass is 9.89. The summed E-state index contributed by atoms with van der Waals surface area (Å²) in [5.74, 6) is -1.93. The number of carbonyl (C=O) groups excluding carboxylic acids is 4. The monoisotopic (exact) mass is 762 g/mol. The number of H-pyrrole nitrogens is 1. The number of ether oxygens (including phenoxy) is 1. The van der Waals surface area contributed by atoms with Gasteiger partial charge in [-0.3, -0.25) is 14.4 Å². The Hall–Kier alpha value is -4.75. The highest BCUT2D eigenvalue weighted by Gasteiger charge is 2.33. The minimum absolute atomic E-state index is 0.0435. The normalized spacial score (nSPS) is 15.0. The third kappa shape index (κ3) is 17.1. The van der Waals surface area contributed by atoms with Gasteiger partial charge in [-0.15, -0.1) is 0 Å². The molecule has 3 rings (SSSR count). The summed E-state index contributed by atoms with van der Waals surface area (Å²) in [5, 5.41) is 34.6. The quantitative estimate of drug-likeness (QED) is 0.0819. The van der Waals surface area contributed by atoms with Crippen LogP contribution in [0.25, 0.3) is 0 Å². The Bertz CT molecular complexity index is 1600. The third-order valence-electron chi connectivity index (χ3n) is 8.96. The Morgan fingerprint density at radius 3 is 1.93 bits per heavy atom. The Kier molecular flexibility index (Phi) is 17.8. The van der Waals surface area contributed by atoms with E-state index in [1.807, 2.05) is 88.4 Å².